The maximum absolute atomic E-state index is 12.1. The van der Waals surface area contributed by atoms with Gasteiger partial charge < -0.3 is 9.47 Å². The molecule has 0 saturated carbocycles. The van der Waals surface area contributed by atoms with Crippen molar-refractivity contribution in [2.24, 2.45) is 0 Å². The average molecular weight is 341 g/mol. The summed E-state index contributed by atoms with van der Waals surface area (Å²) >= 11 is 0. The summed E-state index contributed by atoms with van der Waals surface area (Å²) in [5.41, 5.74) is 2.62. The largest absolute Gasteiger partial charge is 0.480 e. The second kappa shape index (κ2) is 6.88. The fraction of sp³-hybridized carbons (Fsp3) is 0.333. The number of aromatic nitrogens is 2. The number of carbonyl (C=O) groups is 2. The van der Waals surface area contributed by atoms with Crippen LogP contribution in [0.15, 0.2) is 30.6 Å². The van der Waals surface area contributed by atoms with Crippen LogP contribution in [-0.2, 0) is 14.3 Å². The summed E-state index contributed by atoms with van der Waals surface area (Å²) < 4.78 is 10.6. The molecule has 0 fully saturated rings. The Morgan fingerprint density at radius 1 is 1.36 bits per heavy atom. The van der Waals surface area contributed by atoms with E-state index in [1.807, 2.05) is 19.1 Å². The third-order valence-corrected chi connectivity index (χ3v) is 3.61. The minimum absolute atomic E-state index is 0.145. The van der Waals surface area contributed by atoms with Gasteiger partial charge in [-0.15, -0.1) is 0 Å². The Balaban J connectivity index is 1.89. The van der Waals surface area contributed by atoms with E-state index in [4.69, 9.17) is 9.47 Å². The predicted molar refractivity (Wildman–Crippen MR) is 91.3 cm³/mol. The van der Waals surface area contributed by atoms with Gasteiger partial charge in [-0.2, -0.15) is 0 Å². The Bertz CT molecular complexity index is 820. The van der Waals surface area contributed by atoms with E-state index in [1.54, 1.807) is 32.3 Å². The van der Waals surface area contributed by atoms with E-state index in [9.17, 15) is 9.59 Å². The molecule has 0 N–H and O–H groups in total. The van der Waals surface area contributed by atoms with Crippen LogP contribution in [0.3, 0.4) is 0 Å². The molecule has 1 aliphatic rings. The highest BCUT2D eigenvalue weighted by molar-refractivity contribution is 6.00. The van der Waals surface area contributed by atoms with Crippen molar-refractivity contribution in [3.05, 3.63) is 36.2 Å². The van der Waals surface area contributed by atoms with Crippen LogP contribution in [0.2, 0.25) is 0 Å². The molecule has 2 aromatic heterocycles. The topological polar surface area (TPSA) is 81.6 Å². The first-order chi connectivity index (χ1) is 11.9. The highest BCUT2D eigenvalue weighted by atomic mass is 16.5. The first-order valence-corrected chi connectivity index (χ1v) is 8.00. The zero-order valence-corrected chi connectivity index (χ0v) is 14.4. The molecule has 0 aliphatic carbocycles. The van der Waals surface area contributed by atoms with Gasteiger partial charge in [-0.25, -0.2) is 4.98 Å². The van der Waals surface area contributed by atoms with Crippen LogP contribution in [0, 0.1) is 6.92 Å². The molecule has 0 spiro atoms. The lowest BCUT2D eigenvalue weighted by Crippen LogP contribution is -2.43. The fourth-order valence-electron chi connectivity index (χ4n) is 2.51. The second-order valence-electron chi connectivity index (χ2n) is 6.07. The SMILES string of the molecule is Cc1ccnc(-c2cnc3c(c2)OCC(=O)N3CC(=O)OC(C)C)c1. The molecule has 25 heavy (non-hydrogen) atoms. The summed E-state index contributed by atoms with van der Waals surface area (Å²) in [6.07, 6.45) is 3.09. The van der Waals surface area contributed by atoms with Crippen LogP contribution in [-0.4, -0.2) is 41.1 Å². The monoisotopic (exact) mass is 341 g/mol. The Morgan fingerprint density at radius 3 is 2.88 bits per heavy atom. The fourth-order valence-corrected chi connectivity index (χ4v) is 2.51. The van der Waals surface area contributed by atoms with Crippen LogP contribution in [0.1, 0.15) is 19.4 Å². The third-order valence-electron chi connectivity index (χ3n) is 3.61. The summed E-state index contributed by atoms with van der Waals surface area (Å²) in [5, 5.41) is 0. The lowest BCUT2D eigenvalue weighted by molar-refractivity contribution is -0.146. The van der Waals surface area contributed by atoms with Gasteiger partial charge in [0, 0.05) is 18.0 Å². The van der Waals surface area contributed by atoms with Gasteiger partial charge in [0.2, 0.25) is 0 Å². The number of pyridine rings is 2. The Labute approximate surface area is 145 Å². The number of aryl methyl sites for hydroxylation is 1. The molecule has 0 saturated heterocycles. The highest BCUT2D eigenvalue weighted by Crippen LogP contribution is 2.33. The quantitative estimate of drug-likeness (QED) is 0.793. The number of anilines is 1. The number of carbonyl (C=O) groups excluding carboxylic acids is 2. The molecule has 7 heteroatoms. The van der Waals surface area contributed by atoms with Crippen molar-refractivity contribution in [1.82, 2.24) is 9.97 Å². The minimum atomic E-state index is -0.484. The Hall–Kier alpha value is -2.96. The first-order valence-electron chi connectivity index (χ1n) is 8.00. The van der Waals surface area contributed by atoms with Crippen molar-refractivity contribution in [3.8, 4) is 17.0 Å². The van der Waals surface area contributed by atoms with E-state index in [1.165, 1.54) is 4.90 Å². The smallest absolute Gasteiger partial charge is 0.326 e. The summed E-state index contributed by atoms with van der Waals surface area (Å²) in [6.45, 7) is 5.16. The molecule has 0 unspecified atom stereocenters. The number of hydrogen-bond acceptors (Lipinski definition) is 6. The molecule has 7 nitrogen and oxygen atoms in total. The predicted octanol–water partition coefficient (Wildman–Crippen LogP) is 2.13. The number of fused-ring (bicyclic) bond motifs is 1. The van der Waals surface area contributed by atoms with Gasteiger partial charge in [-0.05, 0) is 44.5 Å². The molecular weight excluding hydrogens is 322 g/mol. The highest BCUT2D eigenvalue weighted by Gasteiger charge is 2.29. The van der Waals surface area contributed by atoms with Crippen molar-refractivity contribution in [1.29, 1.82) is 0 Å². The van der Waals surface area contributed by atoms with Gasteiger partial charge in [-0.3, -0.25) is 19.5 Å². The normalized spacial score (nSPS) is 13.4. The summed E-state index contributed by atoms with van der Waals surface area (Å²) in [7, 11) is 0. The van der Waals surface area contributed by atoms with E-state index >= 15 is 0 Å². The molecule has 130 valence electrons. The number of ether oxygens (including phenoxy) is 2. The van der Waals surface area contributed by atoms with Gasteiger partial charge in [-0.1, -0.05) is 0 Å². The summed E-state index contributed by atoms with van der Waals surface area (Å²) in [6, 6.07) is 5.62. The van der Waals surface area contributed by atoms with Gasteiger partial charge >= 0.3 is 5.97 Å². The average Bonchev–Trinajstić information content (AvgIpc) is 2.56. The van der Waals surface area contributed by atoms with Crippen LogP contribution in [0.4, 0.5) is 5.82 Å². The molecular formula is C18H19N3O4. The van der Waals surface area contributed by atoms with E-state index in [2.05, 4.69) is 9.97 Å². The van der Waals surface area contributed by atoms with Crippen LogP contribution in [0.5, 0.6) is 5.75 Å². The summed E-state index contributed by atoms with van der Waals surface area (Å²) in [4.78, 5) is 34.0. The third kappa shape index (κ3) is 3.76. The molecule has 3 heterocycles. The van der Waals surface area contributed by atoms with Gasteiger partial charge in [0.1, 0.15) is 6.54 Å². The molecule has 3 rings (SSSR count). The molecule has 1 amide bonds. The van der Waals surface area contributed by atoms with E-state index in [-0.39, 0.29) is 25.2 Å². The summed E-state index contributed by atoms with van der Waals surface area (Å²) in [5.74, 6) is -0.0596. The second-order valence-corrected chi connectivity index (χ2v) is 6.07. The zero-order chi connectivity index (χ0) is 18.0. The molecule has 2 aromatic rings. The maximum Gasteiger partial charge on any atom is 0.326 e. The number of nitrogens with zero attached hydrogens (tertiary/aromatic N) is 3. The van der Waals surface area contributed by atoms with Crippen LogP contribution in [0.25, 0.3) is 11.3 Å². The number of amides is 1. The standard InChI is InChI=1S/C18H19N3O4/c1-11(2)25-17(23)9-21-16(22)10-24-15-7-13(8-20-18(15)21)14-6-12(3)4-5-19-14/h4-8,11H,9-10H2,1-3H3. The van der Waals surface area contributed by atoms with Crippen LogP contribution < -0.4 is 9.64 Å². The van der Waals surface area contributed by atoms with Gasteiger partial charge in [0.15, 0.2) is 18.2 Å². The van der Waals surface area contributed by atoms with Crippen molar-refractivity contribution in [2.75, 3.05) is 18.1 Å². The molecule has 0 bridgehead atoms. The van der Waals surface area contributed by atoms with E-state index in [0.29, 0.717) is 11.6 Å². The van der Waals surface area contributed by atoms with Crippen molar-refractivity contribution in [2.45, 2.75) is 26.9 Å². The van der Waals surface area contributed by atoms with Crippen LogP contribution >= 0.6 is 0 Å². The Kier molecular flexibility index (Phi) is 4.65. The van der Waals surface area contributed by atoms with Gasteiger partial charge in [0.05, 0.1) is 11.8 Å². The molecule has 0 atom stereocenters. The van der Waals surface area contributed by atoms with E-state index < -0.39 is 5.97 Å². The van der Waals surface area contributed by atoms with Crippen molar-refractivity contribution in [3.63, 3.8) is 0 Å². The maximum atomic E-state index is 12.1. The minimum Gasteiger partial charge on any atom is -0.480 e. The van der Waals surface area contributed by atoms with Crippen molar-refractivity contribution < 1.29 is 19.1 Å². The molecule has 0 radical (unpaired) electrons. The number of esters is 1. The van der Waals surface area contributed by atoms with E-state index in [0.717, 1.165) is 16.8 Å². The number of hydrogen-bond donors (Lipinski definition) is 0. The first kappa shape index (κ1) is 16.9. The lowest BCUT2D eigenvalue weighted by atomic mass is 10.1. The van der Waals surface area contributed by atoms with Crippen molar-refractivity contribution >= 4 is 17.7 Å². The molecule has 0 aromatic carbocycles. The number of rotatable bonds is 4. The Morgan fingerprint density at radius 2 is 2.16 bits per heavy atom. The lowest BCUT2D eigenvalue weighted by Gasteiger charge is -2.27. The molecule has 1 aliphatic heterocycles. The zero-order valence-electron chi connectivity index (χ0n) is 14.4. The van der Waals surface area contributed by atoms with Gasteiger partial charge in [0.25, 0.3) is 5.91 Å².